The maximum atomic E-state index is 12.1. The molecule has 6 heteroatoms. The van der Waals surface area contributed by atoms with Crippen LogP contribution in [0.3, 0.4) is 0 Å². The molecule has 1 aliphatic carbocycles. The number of urea groups is 1. The molecule has 0 bridgehead atoms. The number of rotatable bonds is 3. The first-order valence-corrected chi connectivity index (χ1v) is 6.66. The second-order valence-electron chi connectivity index (χ2n) is 4.71. The van der Waals surface area contributed by atoms with E-state index >= 15 is 0 Å². The molecule has 6 nitrogen and oxygen atoms in total. The summed E-state index contributed by atoms with van der Waals surface area (Å²) < 4.78 is 4.73. The van der Waals surface area contributed by atoms with Gasteiger partial charge in [-0.15, -0.1) is 0 Å². The van der Waals surface area contributed by atoms with Crippen LogP contribution in [0.2, 0.25) is 0 Å². The van der Waals surface area contributed by atoms with E-state index in [2.05, 4.69) is 5.32 Å². The number of carbonyl (C=O) groups excluding carboxylic acids is 3. The van der Waals surface area contributed by atoms with Gasteiger partial charge in [-0.3, -0.25) is 9.69 Å². The van der Waals surface area contributed by atoms with Gasteiger partial charge in [0.15, 0.2) is 0 Å². The highest BCUT2D eigenvalue weighted by molar-refractivity contribution is 6.14. The van der Waals surface area contributed by atoms with Crippen LogP contribution >= 0.6 is 0 Å². The molecular weight excluding hydrogens is 248 g/mol. The van der Waals surface area contributed by atoms with Crippen molar-refractivity contribution in [3.8, 4) is 0 Å². The van der Waals surface area contributed by atoms with Crippen LogP contribution in [-0.2, 0) is 14.3 Å². The van der Waals surface area contributed by atoms with Gasteiger partial charge in [-0.1, -0.05) is 19.3 Å². The van der Waals surface area contributed by atoms with Crippen molar-refractivity contribution in [1.29, 1.82) is 0 Å². The molecule has 1 aliphatic heterocycles. The minimum Gasteiger partial charge on any atom is -0.463 e. The van der Waals surface area contributed by atoms with E-state index in [1.807, 2.05) is 0 Å². The minimum absolute atomic E-state index is 0.00836. The van der Waals surface area contributed by atoms with Gasteiger partial charge in [0.25, 0.3) is 5.91 Å². The lowest BCUT2D eigenvalue weighted by atomic mass is 9.94. The molecule has 2 fully saturated rings. The van der Waals surface area contributed by atoms with Gasteiger partial charge in [-0.25, -0.2) is 9.59 Å². The Balaban J connectivity index is 2.09. The molecule has 2 aliphatic rings. The van der Waals surface area contributed by atoms with Crippen LogP contribution in [0.15, 0.2) is 11.8 Å². The van der Waals surface area contributed by atoms with E-state index in [0.717, 1.165) is 38.2 Å². The lowest BCUT2D eigenvalue weighted by Crippen LogP contribution is -2.41. The summed E-state index contributed by atoms with van der Waals surface area (Å²) in [7, 11) is 0. The maximum Gasteiger partial charge on any atom is 0.333 e. The van der Waals surface area contributed by atoms with E-state index in [4.69, 9.17) is 4.74 Å². The maximum absolute atomic E-state index is 12.1. The Morgan fingerprint density at radius 2 is 2.05 bits per heavy atom. The Hall–Kier alpha value is -1.85. The van der Waals surface area contributed by atoms with Crippen molar-refractivity contribution in [1.82, 2.24) is 10.2 Å². The van der Waals surface area contributed by atoms with Gasteiger partial charge in [-0.2, -0.15) is 0 Å². The largest absolute Gasteiger partial charge is 0.463 e. The van der Waals surface area contributed by atoms with E-state index in [1.54, 1.807) is 6.92 Å². The third kappa shape index (κ3) is 2.94. The zero-order valence-electron chi connectivity index (χ0n) is 11.0. The molecule has 19 heavy (non-hydrogen) atoms. The van der Waals surface area contributed by atoms with Crippen molar-refractivity contribution >= 4 is 17.9 Å². The average molecular weight is 266 g/mol. The number of hydrogen-bond donors (Lipinski definition) is 1. The second-order valence-corrected chi connectivity index (χ2v) is 4.71. The number of amides is 3. The number of ether oxygens (including phenoxy) is 1. The van der Waals surface area contributed by atoms with Crippen LogP contribution < -0.4 is 5.32 Å². The van der Waals surface area contributed by atoms with Crippen LogP contribution in [-0.4, -0.2) is 35.5 Å². The predicted octanol–water partition coefficient (Wildman–Crippen LogP) is 1.32. The van der Waals surface area contributed by atoms with Gasteiger partial charge in [0, 0.05) is 6.04 Å². The number of nitrogens with one attached hydrogen (secondary N) is 1. The van der Waals surface area contributed by atoms with Crippen LogP contribution in [0.1, 0.15) is 39.0 Å². The van der Waals surface area contributed by atoms with Gasteiger partial charge < -0.3 is 10.1 Å². The normalized spacial score (nSPS) is 22.8. The second kappa shape index (κ2) is 5.86. The molecule has 0 radical (unpaired) electrons. The lowest BCUT2D eigenvalue weighted by molar-refractivity contribution is -0.137. The summed E-state index contributed by atoms with van der Waals surface area (Å²) in [5.41, 5.74) is 0.00836. The Bertz CT molecular complexity index is 424. The van der Waals surface area contributed by atoms with Crippen LogP contribution in [0.25, 0.3) is 0 Å². The van der Waals surface area contributed by atoms with E-state index in [-0.39, 0.29) is 18.3 Å². The number of carbonyl (C=O) groups is 3. The van der Waals surface area contributed by atoms with Gasteiger partial charge in [0.2, 0.25) is 0 Å². The molecule has 3 amide bonds. The van der Waals surface area contributed by atoms with Crippen molar-refractivity contribution in [2.24, 2.45) is 0 Å². The van der Waals surface area contributed by atoms with Gasteiger partial charge >= 0.3 is 12.0 Å². The summed E-state index contributed by atoms with van der Waals surface area (Å²) in [6.45, 7) is 1.91. The molecule has 2 rings (SSSR count). The molecule has 1 heterocycles. The predicted molar refractivity (Wildman–Crippen MR) is 67.0 cm³/mol. The van der Waals surface area contributed by atoms with Crippen LogP contribution in [0.4, 0.5) is 4.79 Å². The summed E-state index contributed by atoms with van der Waals surface area (Å²) >= 11 is 0. The summed E-state index contributed by atoms with van der Waals surface area (Å²) in [4.78, 5) is 36.5. The fourth-order valence-electron chi connectivity index (χ4n) is 2.52. The van der Waals surface area contributed by atoms with Crippen LogP contribution in [0, 0.1) is 0 Å². The molecule has 1 N–H and O–H groups in total. The number of imide groups is 1. The van der Waals surface area contributed by atoms with Crippen molar-refractivity contribution < 1.29 is 19.1 Å². The Kier molecular flexibility index (Phi) is 4.19. The molecule has 0 unspecified atom stereocenters. The monoisotopic (exact) mass is 266 g/mol. The Labute approximate surface area is 111 Å². The SMILES string of the molecule is CCOC(=O)/C=C1\NC(=O)N(C2CCCCC2)C1=O. The van der Waals surface area contributed by atoms with E-state index < -0.39 is 17.9 Å². The molecule has 1 saturated carbocycles. The first-order chi connectivity index (χ1) is 9.13. The highest BCUT2D eigenvalue weighted by atomic mass is 16.5. The summed E-state index contributed by atoms with van der Waals surface area (Å²) in [6, 6.07) is -0.484. The summed E-state index contributed by atoms with van der Waals surface area (Å²) in [5.74, 6) is -1.04. The minimum atomic E-state index is -0.614. The van der Waals surface area contributed by atoms with Gasteiger partial charge in [0.1, 0.15) is 5.70 Å². The van der Waals surface area contributed by atoms with Crippen molar-refractivity contribution in [3.05, 3.63) is 11.8 Å². The molecular formula is C13H18N2O4. The van der Waals surface area contributed by atoms with Crippen molar-refractivity contribution in [2.45, 2.75) is 45.1 Å². The van der Waals surface area contributed by atoms with E-state index in [1.165, 1.54) is 4.90 Å². The smallest absolute Gasteiger partial charge is 0.333 e. The topological polar surface area (TPSA) is 75.7 Å². The molecule has 0 aromatic heterocycles. The first-order valence-electron chi connectivity index (χ1n) is 6.66. The van der Waals surface area contributed by atoms with Crippen molar-refractivity contribution in [3.63, 3.8) is 0 Å². The standard InChI is InChI=1S/C13H18N2O4/c1-2-19-11(16)8-10-12(17)15(13(18)14-10)9-6-4-3-5-7-9/h8-9H,2-7H2,1H3,(H,14,18)/b10-8-. The Morgan fingerprint density at radius 1 is 1.37 bits per heavy atom. The average Bonchev–Trinajstić information content (AvgIpc) is 2.66. The summed E-state index contributed by atoms with van der Waals surface area (Å²) in [5, 5.41) is 2.44. The zero-order chi connectivity index (χ0) is 13.8. The Morgan fingerprint density at radius 3 is 2.68 bits per heavy atom. The highest BCUT2D eigenvalue weighted by Gasteiger charge is 2.39. The first kappa shape index (κ1) is 13.6. The van der Waals surface area contributed by atoms with Gasteiger partial charge in [-0.05, 0) is 19.8 Å². The lowest BCUT2D eigenvalue weighted by Gasteiger charge is -2.28. The molecule has 0 aromatic carbocycles. The molecule has 0 spiro atoms. The third-order valence-electron chi connectivity index (χ3n) is 3.40. The third-order valence-corrected chi connectivity index (χ3v) is 3.40. The van der Waals surface area contributed by atoms with E-state index in [9.17, 15) is 14.4 Å². The van der Waals surface area contributed by atoms with Crippen molar-refractivity contribution in [2.75, 3.05) is 6.61 Å². The summed E-state index contributed by atoms with van der Waals surface area (Å²) in [6.07, 6.45) is 5.92. The molecule has 104 valence electrons. The molecule has 0 aromatic rings. The molecule has 0 atom stereocenters. The van der Waals surface area contributed by atoms with Gasteiger partial charge in [0.05, 0.1) is 12.7 Å². The fourth-order valence-corrected chi connectivity index (χ4v) is 2.52. The number of esters is 1. The zero-order valence-corrected chi connectivity index (χ0v) is 11.0. The number of hydrogen-bond acceptors (Lipinski definition) is 4. The molecule has 1 saturated heterocycles. The highest BCUT2D eigenvalue weighted by Crippen LogP contribution is 2.26. The van der Waals surface area contributed by atoms with E-state index in [0.29, 0.717) is 0 Å². The fraction of sp³-hybridized carbons (Fsp3) is 0.615. The number of nitrogens with zero attached hydrogens (tertiary/aromatic N) is 1. The van der Waals surface area contributed by atoms with Crippen LogP contribution in [0.5, 0.6) is 0 Å². The quantitative estimate of drug-likeness (QED) is 0.475.